The van der Waals surface area contributed by atoms with E-state index in [4.69, 9.17) is 0 Å². The summed E-state index contributed by atoms with van der Waals surface area (Å²) in [6.45, 7) is 0. The van der Waals surface area contributed by atoms with E-state index in [2.05, 4.69) is 10.3 Å². The maximum atomic E-state index is 12.7. The van der Waals surface area contributed by atoms with Crippen molar-refractivity contribution in [3.63, 3.8) is 0 Å². The zero-order chi connectivity index (χ0) is 18.1. The molecular weight excluding hydrogens is 350 g/mol. The Morgan fingerprint density at radius 1 is 1.12 bits per heavy atom. The first-order chi connectivity index (χ1) is 12.6. The lowest BCUT2D eigenvalue weighted by molar-refractivity contribution is -0.127. The summed E-state index contributed by atoms with van der Waals surface area (Å²) in [6.07, 6.45) is 3.41. The van der Waals surface area contributed by atoms with E-state index < -0.39 is 0 Å². The summed E-state index contributed by atoms with van der Waals surface area (Å²) in [7, 11) is 0. The SMILES string of the molecule is O=C(NC1CCCCC1N1C(=O)CSC1=O)c1ccc2ccccc2n1. The highest BCUT2D eigenvalue weighted by Gasteiger charge is 2.41. The molecule has 2 aromatic rings. The Kier molecular flexibility index (Phi) is 4.63. The van der Waals surface area contributed by atoms with Crippen molar-refractivity contribution in [2.45, 2.75) is 37.8 Å². The molecule has 3 amide bonds. The molecule has 1 aliphatic heterocycles. The molecule has 2 fully saturated rings. The lowest BCUT2D eigenvalue weighted by Crippen LogP contribution is -2.54. The first kappa shape index (κ1) is 17.0. The number of hydrogen-bond acceptors (Lipinski definition) is 5. The maximum Gasteiger partial charge on any atom is 0.289 e. The molecule has 1 saturated heterocycles. The van der Waals surface area contributed by atoms with Gasteiger partial charge in [-0.1, -0.05) is 48.9 Å². The Hall–Kier alpha value is -2.41. The molecule has 2 unspecified atom stereocenters. The number of carbonyl (C=O) groups is 3. The van der Waals surface area contributed by atoms with E-state index in [9.17, 15) is 14.4 Å². The quantitative estimate of drug-likeness (QED) is 0.900. The molecular formula is C19H19N3O3S. The van der Waals surface area contributed by atoms with E-state index in [0.29, 0.717) is 5.69 Å². The van der Waals surface area contributed by atoms with Crippen molar-refractivity contribution in [3.8, 4) is 0 Å². The van der Waals surface area contributed by atoms with Crippen LogP contribution in [-0.2, 0) is 4.79 Å². The van der Waals surface area contributed by atoms with Crippen LogP contribution in [0.25, 0.3) is 10.9 Å². The zero-order valence-corrected chi connectivity index (χ0v) is 15.0. The smallest absolute Gasteiger partial charge is 0.289 e. The summed E-state index contributed by atoms with van der Waals surface area (Å²) < 4.78 is 0. The van der Waals surface area contributed by atoms with Gasteiger partial charge in [0.05, 0.1) is 23.4 Å². The number of pyridine rings is 1. The molecule has 6 nitrogen and oxygen atoms in total. The number of hydrogen-bond donors (Lipinski definition) is 1. The number of rotatable bonds is 3. The van der Waals surface area contributed by atoms with Crippen molar-refractivity contribution >= 4 is 39.7 Å². The van der Waals surface area contributed by atoms with Gasteiger partial charge in [0.1, 0.15) is 5.69 Å². The number of aromatic nitrogens is 1. The van der Waals surface area contributed by atoms with Crippen LogP contribution in [0, 0.1) is 0 Å². The molecule has 7 heteroatoms. The van der Waals surface area contributed by atoms with E-state index in [1.165, 1.54) is 4.90 Å². The number of benzene rings is 1. The lowest BCUT2D eigenvalue weighted by Gasteiger charge is -2.36. The van der Waals surface area contributed by atoms with Gasteiger partial charge in [-0.15, -0.1) is 0 Å². The van der Waals surface area contributed by atoms with E-state index >= 15 is 0 Å². The number of nitrogens with one attached hydrogen (secondary N) is 1. The molecule has 134 valence electrons. The molecule has 0 bridgehead atoms. The summed E-state index contributed by atoms with van der Waals surface area (Å²) in [5, 5.41) is 3.78. The number of nitrogens with zero attached hydrogens (tertiary/aromatic N) is 2. The number of carbonyl (C=O) groups excluding carboxylic acids is 3. The molecule has 1 aromatic carbocycles. The highest BCUT2D eigenvalue weighted by atomic mass is 32.2. The number of imide groups is 1. The van der Waals surface area contributed by atoms with Gasteiger partial charge in [-0.25, -0.2) is 4.98 Å². The number of fused-ring (bicyclic) bond motifs is 1. The predicted octanol–water partition coefficient (Wildman–Crippen LogP) is 2.97. The molecule has 2 heterocycles. The van der Waals surface area contributed by atoms with Gasteiger partial charge in [0.15, 0.2) is 0 Å². The third-order valence-corrected chi connectivity index (χ3v) is 5.83. The Labute approximate surface area is 155 Å². The molecule has 0 spiro atoms. The molecule has 1 aromatic heterocycles. The van der Waals surface area contributed by atoms with Gasteiger partial charge in [0, 0.05) is 5.39 Å². The fraction of sp³-hybridized carbons (Fsp3) is 0.368. The second-order valence-corrected chi connectivity index (χ2v) is 7.57. The molecule has 1 N–H and O–H groups in total. The van der Waals surface area contributed by atoms with E-state index in [0.717, 1.165) is 48.3 Å². The van der Waals surface area contributed by atoms with Crippen molar-refractivity contribution in [2.75, 3.05) is 5.75 Å². The Morgan fingerprint density at radius 2 is 1.92 bits per heavy atom. The van der Waals surface area contributed by atoms with Crippen LogP contribution in [0.3, 0.4) is 0 Å². The average Bonchev–Trinajstić information content (AvgIpc) is 3.00. The second kappa shape index (κ2) is 7.07. The maximum absolute atomic E-state index is 12.7. The van der Waals surface area contributed by atoms with Crippen molar-refractivity contribution in [1.82, 2.24) is 15.2 Å². The Morgan fingerprint density at radius 3 is 2.73 bits per heavy atom. The third-order valence-electron chi connectivity index (χ3n) is 4.99. The van der Waals surface area contributed by atoms with Crippen LogP contribution in [0.2, 0.25) is 0 Å². The van der Waals surface area contributed by atoms with Crippen LogP contribution in [0.4, 0.5) is 4.79 Å². The summed E-state index contributed by atoms with van der Waals surface area (Å²) >= 11 is 1.04. The average molecular weight is 369 g/mol. The third kappa shape index (κ3) is 3.19. The largest absolute Gasteiger partial charge is 0.346 e. The van der Waals surface area contributed by atoms with Crippen molar-refractivity contribution in [3.05, 3.63) is 42.1 Å². The topological polar surface area (TPSA) is 79.4 Å². The van der Waals surface area contributed by atoms with Crippen LogP contribution in [-0.4, -0.2) is 44.8 Å². The molecule has 26 heavy (non-hydrogen) atoms. The summed E-state index contributed by atoms with van der Waals surface area (Å²) in [5.74, 6) is -0.225. The van der Waals surface area contributed by atoms with Gasteiger partial charge in [0.25, 0.3) is 11.1 Å². The summed E-state index contributed by atoms with van der Waals surface area (Å²) in [5.41, 5.74) is 1.11. The zero-order valence-electron chi connectivity index (χ0n) is 14.2. The van der Waals surface area contributed by atoms with Crippen molar-refractivity contribution in [2.24, 2.45) is 0 Å². The van der Waals surface area contributed by atoms with E-state index in [1.807, 2.05) is 30.3 Å². The summed E-state index contributed by atoms with van der Waals surface area (Å²) in [6, 6.07) is 10.7. The standard InChI is InChI=1S/C19H19N3O3S/c23-17-11-26-19(25)22(17)16-8-4-3-7-14(16)21-18(24)15-10-9-12-5-1-2-6-13(12)20-15/h1-2,5-6,9-10,14,16H,3-4,7-8,11H2,(H,21,24). The first-order valence-electron chi connectivity index (χ1n) is 8.79. The molecule has 2 aliphatic rings. The number of para-hydroxylation sites is 1. The lowest BCUT2D eigenvalue weighted by atomic mass is 9.89. The number of amides is 3. The highest BCUT2D eigenvalue weighted by molar-refractivity contribution is 8.14. The fourth-order valence-electron chi connectivity index (χ4n) is 3.71. The minimum atomic E-state index is -0.264. The Bertz CT molecular complexity index is 869. The van der Waals surface area contributed by atoms with Crippen molar-refractivity contribution in [1.29, 1.82) is 0 Å². The molecule has 1 saturated carbocycles. The molecule has 1 aliphatic carbocycles. The van der Waals surface area contributed by atoms with Crippen molar-refractivity contribution < 1.29 is 14.4 Å². The fourth-order valence-corrected chi connectivity index (χ4v) is 4.47. The second-order valence-electron chi connectivity index (χ2n) is 6.64. The normalized spacial score (nSPS) is 23.5. The molecule has 4 rings (SSSR count). The van der Waals surface area contributed by atoms with Gasteiger partial charge < -0.3 is 5.32 Å². The van der Waals surface area contributed by atoms with E-state index in [-0.39, 0.29) is 34.9 Å². The Balaban J connectivity index is 1.54. The van der Waals surface area contributed by atoms with E-state index in [1.54, 1.807) is 6.07 Å². The van der Waals surface area contributed by atoms with Gasteiger partial charge in [-0.2, -0.15) is 0 Å². The van der Waals surface area contributed by atoms with Crippen LogP contribution in [0.5, 0.6) is 0 Å². The summed E-state index contributed by atoms with van der Waals surface area (Å²) in [4.78, 5) is 42.7. The van der Waals surface area contributed by atoms with Crippen LogP contribution in [0.1, 0.15) is 36.2 Å². The minimum Gasteiger partial charge on any atom is -0.346 e. The van der Waals surface area contributed by atoms with Crippen LogP contribution in [0.15, 0.2) is 36.4 Å². The first-order valence-corrected chi connectivity index (χ1v) is 9.77. The number of thioether (sulfide) groups is 1. The highest BCUT2D eigenvalue weighted by Crippen LogP contribution is 2.30. The van der Waals surface area contributed by atoms with Crippen LogP contribution < -0.4 is 5.32 Å². The van der Waals surface area contributed by atoms with Crippen LogP contribution >= 0.6 is 11.8 Å². The van der Waals surface area contributed by atoms with Gasteiger partial charge >= 0.3 is 0 Å². The van der Waals surface area contributed by atoms with Gasteiger partial charge in [-0.05, 0) is 25.0 Å². The monoisotopic (exact) mass is 369 g/mol. The molecule has 0 radical (unpaired) electrons. The molecule has 2 atom stereocenters. The minimum absolute atomic E-state index is 0.157. The van der Waals surface area contributed by atoms with Gasteiger partial charge in [-0.3, -0.25) is 19.3 Å². The van der Waals surface area contributed by atoms with Gasteiger partial charge in [0.2, 0.25) is 5.91 Å². The predicted molar refractivity (Wildman–Crippen MR) is 100.0 cm³/mol.